The van der Waals surface area contributed by atoms with Crippen LogP contribution in [0.5, 0.6) is 0 Å². The Morgan fingerprint density at radius 3 is 2.90 bits per heavy atom. The minimum atomic E-state index is -0.570. The van der Waals surface area contributed by atoms with Crippen LogP contribution in [0.2, 0.25) is 0 Å². The van der Waals surface area contributed by atoms with Crippen LogP contribution in [0.15, 0.2) is 12.2 Å². The maximum atomic E-state index is 11.2. The molecular weight excluding hydrogens is 256 g/mol. The van der Waals surface area contributed by atoms with Crippen molar-refractivity contribution in [2.45, 2.75) is 32.8 Å². The summed E-state index contributed by atoms with van der Waals surface area (Å²) >= 11 is 0. The Bertz CT molecular complexity index is 307. The average molecular weight is 284 g/mol. The van der Waals surface area contributed by atoms with Crippen molar-refractivity contribution in [1.29, 1.82) is 0 Å². The van der Waals surface area contributed by atoms with E-state index in [2.05, 4.69) is 29.7 Å². The van der Waals surface area contributed by atoms with Gasteiger partial charge in [-0.25, -0.2) is 0 Å². The van der Waals surface area contributed by atoms with Crippen LogP contribution >= 0.6 is 0 Å². The predicted molar refractivity (Wildman–Crippen MR) is 79.4 cm³/mol. The molecule has 1 amide bonds. The first kappa shape index (κ1) is 17.1. The van der Waals surface area contributed by atoms with Gasteiger partial charge in [-0.05, 0) is 31.6 Å². The van der Waals surface area contributed by atoms with E-state index in [1.807, 2.05) is 6.92 Å². The first-order chi connectivity index (χ1) is 9.63. The lowest BCUT2D eigenvalue weighted by Gasteiger charge is -2.25. The van der Waals surface area contributed by atoms with Crippen LogP contribution < -0.4 is 10.6 Å². The Labute approximate surface area is 121 Å². The van der Waals surface area contributed by atoms with Gasteiger partial charge in [0.1, 0.15) is 0 Å². The second-order valence-corrected chi connectivity index (χ2v) is 5.46. The van der Waals surface area contributed by atoms with Crippen LogP contribution in [-0.4, -0.2) is 50.0 Å². The summed E-state index contributed by atoms with van der Waals surface area (Å²) < 4.78 is 5.59. The molecule has 5 heteroatoms. The number of nitrogens with one attached hydrogen (secondary N) is 2. The molecule has 3 unspecified atom stereocenters. The van der Waals surface area contributed by atoms with Crippen LogP contribution in [0.4, 0.5) is 0 Å². The van der Waals surface area contributed by atoms with E-state index in [1.54, 1.807) is 0 Å². The lowest BCUT2D eigenvalue weighted by atomic mass is 9.85. The number of aliphatic hydroxyl groups excluding tert-OH is 1. The second-order valence-electron chi connectivity index (χ2n) is 5.46. The summed E-state index contributed by atoms with van der Waals surface area (Å²) in [4.78, 5) is 11.2. The van der Waals surface area contributed by atoms with Gasteiger partial charge >= 0.3 is 0 Å². The van der Waals surface area contributed by atoms with Crippen molar-refractivity contribution in [2.75, 3.05) is 32.8 Å². The van der Waals surface area contributed by atoms with E-state index in [0.29, 0.717) is 38.1 Å². The van der Waals surface area contributed by atoms with Gasteiger partial charge in [0.15, 0.2) is 0 Å². The topological polar surface area (TPSA) is 70.6 Å². The molecule has 0 aromatic carbocycles. The Kier molecular flexibility index (Phi) is 8.49. The fraction of sp³-hybridized carbons (Fsp3) is 0.800. The van der Waals surface area contributed by atoms with E-state index in [0.717, 1.165) is 12.8 Å². The fourth-order valence-electron chi connectivity index (χ4n) is 2.27. The number of hydrogen-bond acceptors (Lipinski definition) is 4. The van der Waals surface area contributed by atoms with Crippen LogP contribution in [0, 0.1) is 11.8 Å². The molecule has 0 bridgehead atoms. The Morgan fingerprint density at radius 2 is 2.20 bits per heavy atom. The molecule has 3 atom stereocenters. The molecule has 1 rings (SSSR count). The van der Waals surface area contributed by atoms with E-state index in [4.69, 9.17) is 4.74 Å². The van der Waals surface area contributed by atoms with Gasteiger partial charge < -0.3 is 20.5 Å². The maximum Gasteiger partial charge on any atom is 0.233 e. The summed E-state index contributed by atoms with van der Waals surface area (Å²) in [5.74, 6) is 1.15. The molecule has 3 N–H and O–H groups in total. The number of rotatable bonds is 9. The summed E-state index contributed by atoms with van der Waals surface area (Å²) in [5.41, 5.74) is 0. The highest BCUT2D eigenvalue weighted by Gasteiger charge is 2.18. The molecule has 20 heavy (non-hydrogen) atoms. The molecule has 0 radical (unpaired) electrons. The fourth-order valence-corrected chi connectivity index (χ4v) is 2.27. The molecule has 5 nitrogen and oxygen atoms in total. The summed E-state index contributed by atoms with van der Waals surface area (Å²) in [6.45, 7) is 6.35. The zero-order valence-corrected chi connectivity index (χ0v) is 12.6. The minimum Gasteiger partial charge on any atom is -0.389 e. The van der Waals surface area contributed by atoms with Crippen molar-refractivity contribution in [3.05, 3.63) is 12.2 Å². The number of allylic oxidation sites excluding steroid dienone is 2. The standard InChI is InChI=1S/C15H28N2O3/c1-3-17-15(19)9-16-8-14(18)11-20-10-13-7-5-4-6-12(13)2/h4-5,12-14,16,18H,3,6-11H2,1-2H3,(H,17,19). The molecule has 0 saturated carbocycles. The molecule has 0 aromatic heterocycles. The Balaban J connectivity index is 2.03. The molecule has 0 heterocycles. The molecule has 0 spiro atoms. The van der Waals surface area contributed by atoms with Gasteiger partial charge in [0.2, 0.25) is 5.91 Å². The quantitative estimate of drug-likeness (QED) is 0.545. The van der Waals surface area contributed by atoms with Crippen LogP contribution in [0.3, 0.4) is 0 Å². The SMILES string of the molecule is CCNC(=O)CNCC(O)COCC1CC=CCC1C. The van der Waals surface area contributed by atoms with E-state index >= 15 is 0 Å². The summed E-state index contributed by atoms with van der Waals surface area (Å²) in [6, 6.07) is 0. The number of amides is 1. The smallest absolute Gasteiger partial charge is 0.233 e. The third kappa shape index (κ3) is 7.03. The number of hydrogen-bond donors (Lipinski definition) is 3. The van der Waals surface area contributed by atoms with Gasteiger partial charge in [-0.1, -0.05) is 19.1 Å². The Hall–Kier alpha value is -0.910. The van der Waals surface area contributed by atoms with Gasteiger partial charge in [0, 0.05) is 13.1 Å². The number of carbonyl (C=O) groups excluding carboxylic acids is 1. The highest BCUT2D eigenvalue weighted by molar-refractivity contribution is 5.77. The van der Waals surface area contributed by atoms with Crippen molar-refractivity contribution >= 4 is 5.91 Å². The molecular formula is C15H28N2O3. The first-order valence-corrected chi connectivity index (χ1v) is 7.51. The maximum absolute atomic E-state index is 11.2. The molecule has 0 fully saturated rings. The highest BCUT2D eigenvalue weighted by Crippen LogP contribution is 2.24. The van der Waals surface area contributed by atoms with Crippen molar-refractivity contribution < 1.29 is 14.6 Å². The summed E-state index contributed by atoms with van der Waals surface area (Å²) in [5, 5.41) is 15.4. The van der Waals surface area contributed by atoms with E-state index < -0.39 is 6.10 Å². The van der Waals surface area contributed by atoms with Crippen molar-refractivity contribution in [3.8, 4) is 0 Å². The largest absolute Gasteiger partial charge is 0.389 e. The third-order valence-electron chi connectivity index (χ3n) is 3.60. The molecule has 0 aromatic rings. The van der Waals surface area contributed by atoms with Crippen LogP contribution in [0.25, 0.3) is 0 Å². The van der Waals surface area contributed by atoms with Crippen molar-refractivity contribution in [2.24, 2.45) is 11.8 Å². The molecule has 0 aliphatic heterocycles. The van der Waals surface area contributed by atoms with E-state index in [-0.39, 0.29) is 12.5 Å². The van der Waals surface area contributed by atoms with Gasteiger partial charge in [-0.2, -0.15) is 0 Å². The number of carbonyl (C=O) groups is 1. The predicted octanol–water partition coefficient (Wildman–Crippen LogP) is 0.692. The van der Waals surface area contributed by atoms with Crippen molar-refractivity contribution in [3.63, 3.8) is 0 Å². The molecule has 1 aliphatic rings. The van der Waals surface area contributed by atoms with E-state index in [1.165, 1.54) is 0 Å². The van der Waals surface area contributed by atoms with Gasteiger partial charge in [-0.15, -0.1) is 0 Å². The van der Waals surface area contributed by atoms with Gasteiger partial charge in [0.25, 0.3) is 0 Å². The van der Waals surface area contributed by atoms with Gasteiger partial charge in [0.05, 0.1) is 25.9 Å². The highest BCUT2D eigenvalue weighted by atomic mass is 16.5. The lowest BCUT2D eigenvalue weighted by Crippen LogP contribution is -2.38. The molecule has 0 saturated heterocycles. The number of likely N-dealkylation sites (N-methyl/N-ethyl adjacent to an activating group) is 1. The minimum absolute atomic E-state index is 0.0524. The van der Waals surface area contributed by atoms with Gasteiger partial charge in [-0.3, -0.25) is 4.79 Å². The summed E-state index contributed by atoms with van der Waals surface area (Å²) in [6.07, 6.45) is 6.04. The Morgan fingerprint density at radius 1 is 1.45 bits per heavy atom. The van der Waals surface area contributed by atoms with E-state index in [9.17, 15) is 9.90 Å². The zero-order chi connectivity index (χ0) is 14.8. The number of ether oxygens (including phenoxy) is 1. The molecule has 1 aliphatic carbocycles. The third-order valence-corrected chi connectivity index (χ3v) is 3.60. The summed E-state index contributed by atoms with van der Waals surface area (Å²) in [7, 11) is 0. The van der Waals surface area contributed by atoms with Crippen LogP contribution in [-0.2, 0) is 9.53 Å². The first-order valence-electron chi connectivity index (χ1n) is 7.51. The van der Waals surface area contributed by atoms with Crippen molar-refractivity contribution in [1.82, 2.24) is 10.6 Å². The lowest BCUT2D eigenvalue weighted by molar-refractivity contribution is -0.120. The monoisotopic (exact) mass is 284 g/mol. The van der Waals surface area contributed by atoms with Crippen LogP contribution in [0.1, 0.15) is 26.7 Å². The molecule has 116 valence electrons. The second kappa shape index (κ2) is 9.91. The normalized spacial score (nSPS) is 23.6. The zero-order valence-electron chi connectivity index (χ0n) is 12.6. The number of aliphatic hydroxyl groups is 1. The average Bonchev–Trinajstić information content (AvgIpc) is 2.41.